The number of benzene rings is 1. The third kappa shape index (κ3) is 3.21. The molecule has 31 heavy (non-hydrogen) atoms. The number of carbonyl (C=O) groups is 1. The fourth-order valence-corrected chi connectivity index (χ4v) is 5.00. The molecule has 0 bridgehead atoms. The highest BCUT2D eigenvalue weighted by Gasteiger charge is 2.34. The molecule has 0 saturated heterocycles. The van der Waals surface area contributed by atoms with Crippen LogP contribution in [0, 0.1) is 12.7 Å². The Balaban J connectivity index is 1.57. The Labute approximate surface area is 178 Å². The van der Waals surface area contributed by atoms with Crippen molar-refractivity contribution in [2.75, 3.05) is 6.54 Å². The van der Waals surface area contributed by atoms with Gasteiger partial charge in [-0.3, -0.25) is 9.59 Å². The van der Waals surface area contributed by atoms with E-state index in [0.29, 0.717) is 30.8 Å². The molecule has 0 atom stereocenters. The van der Waals surface area contributed by atoms with Crippen molar-refractivity contribution in [3.05, 3.63) is 57.4 Å². The van der Waals surface area contributed by atoms with Crippen LogP contribution in [0.4, 0.5) is 4.39 Å². The Kier molecular flexibility index (Phi) is 4.79. The van der Waals surface area contributed by atoms with E-state index in [1.807, 2.05) is 6.92 Å². The van der Waals surface area contributed by atoms with Gasteiger partial charge in [0, 0.05) is 19.6 Å². The van der Waals surface area contributed by atoms with Gasteiger partial charge in [0.05, 0.1) is 17.3 Å². The molecular formula is C23H25FN4O3. The SMILES string of the molecule is Cc1nn(C2CCCCC2)c(=O)c2c(O)c3n(c12)CCN(Cc1ccc(F)cc1)C3=O. The van der Waals surface area contributed by atoms with Gasteiger partial charge in [0.15, 0.2) is 11.4 Å². The van der Waals surface area contributed by atoms with Crippen molar-refractivity contribution in [3.63, 3.8) is 0 Å². The van der Waals surface area contributed by atoms with Gasteiger partial charge in [-0.15, -0.1) is 0 Å². The maximum absolute atomic E-state index is 13.3. The van der Waals surface area contributed by atoms with Gasteiger partial charge < -0.3 is 14.6 Å². The minimum absolute atomic E-state index is 0.0337. The number of nitrogens with zero attached hydrogens (tertiary/aromatic N) is 4. The Hall–Kier alpha value is -3.16. The summed E-state index contributed by atoms with van der Waals surface area (Å²) in [7, 11) is 0. The van der Waals surface area contributed by atoms with Crippen LogP contribution in [0.15, 0.2) is 29.1 Å². The van der Waals surface area contributed by atoms with Gasteiger partial charge in [-0.05, 0) is 37.5 Å². The first-order valence-electron chi connectivity index (χ1n) is 10.8. The van der Waals surface area contributed by atoms with Crippen LogP contribution in [0.3, 0.4) is 0 Å². The van der Waals surface area contributed by atoms with Crippen LogP contribution < -0.4 is 5.56 Å². The molecule has 8 heteroatoms. The van der Waals surface area contributed by atoms with E-state index in [1.54, 1.807) is 21.6 Å². The van der Waals surface area contributed by atoms with E-state index < -0.39 is 0 Å². The fourth-order valence-electron chi connectivity index (χ4n) is 5.00. The van der Waals surface area contributed by atoms with Crippen molar-refractivity contribution in [1.29, 1.82) is 0 Å². The summed E-state index contributed by atoms with van der Waals surface area (Å²) >= 11 is 0. The second kappa shape index (κ2) is 7.51. The Morgan fingerprint density at radius 1 is 1.10 bits per heavy atom. The predicted octanol–water partition coefficient (Wildman–Crippen LogP) is 3.51. The first-order chi connectivity index (χ1) is 15.0. The topological polar surface area (TPSA) is 80.4 Å². The minimum Gasteiger partial charge on any atom is -0.505 e. The van der Waals surface area contributed by atoms with Crippen molar-refractivity contribution >= 4 is 16.8 Å². The Morgan fingerprint density at radius 2 is 1.81 bits per heavy atom. The van der Waals surface area contributed by atoms with Crippen molar-refractivity contribution in [2.45, 2.75) is 58.2 Å². The van der Waals surface area contributed by atoms with Gasteiger partial charge >= 0.3 is 0 Å². The third-order valence-electron chi connectivity index (χ3n) is 6.55. The lowest BCUT2D eigenvalue weighted by Gasteiger charge is -2.29. The Morgan fingerprint density at radius 3 is 2.52 bits per heavy atom. The lowest BCUT2D eigenvalue weighted by molar-refractivity contribution is 0.0689. The van der Waals surface area contributed by atoms with Gasteiger partial charge in [-0.2, -0.15) is 5.10 Å². The normalized spacial score (nSPS) is 17.4. The van der Waals surface area contributed by atoms with Crippen molar-refractivity contribution in [2.24, 2.45) is 0 Å². The molecule has 1 amide bonds. The van der Waals surface area contributed by atoms with Gasteiger partial charge in [0.2, 0.25) is 0 Å². The molecule has 3 heterocycles. The number of amides is 1. The number of rotatable bonds is 3. The lowest BCUT2D eigenvalue weighted by Crippen LogP contribution is -2.39. The highest BCUT2D eigenvalue weighted by atomic mass is 19.1. The lowest BCUT2D eigenvalue weighted by atomic mass is 9.95. The van der Waals surface area contributed by atoms with Gasteiger partial charge in [0.1, 0.15) is 11.2 Å². The van der Waals surface area contributed by atoms with Gasteiger partial charge in [-0.25, -0.2) is 9.07 Å². The van der Waals surface area contributed by atoms with E-state index in [0.717, 1.165) is 37.7 Å². The molecule has 7 nitrogen and oxygen atoms in total. The summed E-state index contributed by atoms with van der Waals surface area (Å²) in [5.41, 5.74) is 1.79. The fraction of sp³-hybridized carbons (Fsp3) is 0.435. The summed E-state index contributed by atoms with van der Waals surface area (Å²) in [6.07, 6.45) is 5.08. The zero-order valence-electron chi connectivity index (χ0n) is 17.5. The molecule has 1 aliphatic heterocycles. The van der Waals surface area contributed by atoms with E-state index in [-0.39, 0.29) is 40.2 Å². The van der Waals surface area contributed by atoms with Crippen LogP contribution >= 0.6 is 0 Å². The molecule has 0 unspecified atom stereocenters. The number of hydrogen-bond donors (Lipinski definition) is 1. The van der Waals surface area contributed by atoms with Crippen LogP contribution in [0.5, 0.6) is 5.75 Å². The molecule has 1 aliphatic carbocycles. The zero-order chi connectivity index (χ0) is 21.7. The van der Waals surface area contributed by atoms with E-state index in [9.17, 15) is 19.1 Å². The molecule has 0 spiro atoms. The maximum atomic E-state index is 13.3. The first kappa shape index (κ1) is 19.8. The molecule has 1 saturated carbocycles. The zero-order valence-corrected chi connectivity index (χ0v) is 17.5. The quantitative estimate of drug-likeness (QED) is 0.698. The summed E-state index contributed by atoms with van der Waals surface area (Å²) in [6.45, 7) is 3.01. The highest BCUT2D eigenvalue weighted by molar-refractivity contribution is 6.04. The van der Waals surface area contributed by atoms with Gasteiger partial charge in [-0.1, -0.05) is 31.4 Å². The van der Waals surface area contributed by atoms with Crippen molar-refractivity contribution in [1.82, 2.24) is 19.2 Å². The molecule has 1 aromatic carbocycles. The first-order valence-corrected chi connectivity index (χ1v) is 10.8. The average molecular weight is 424 g/mol. The third-order valence-corrected chi connectivity index (χ3v) is 6.55. The minimum atomic E-state index is -0.340. The number of hydrogen-bond acceptors (Lipinski definition) is 4. The molecule has 162 valence electrons. The number of carbonyl (C=O) groups excluding carboxylic acids is 1. The summed E-state index contributed by atoms with van der Waals surface area (Å²) in [5, 5.41) is 15.8. The van der Waals surface area contributed by atoms with E-state index in [1.165, 1.54) is 16.8 Å². The molecular weight excluding hydrogens is 399 g/mol. The summed E-state index contributed by atoms with van der Waals surface area (Å²) in [4.78, 5) is 28.1. The van der Waals surface area contributed by atoms with Crippen molar-refractivity contribution < 1.29 is 14.3 Å². The van der Waals surface area contributed by atoms with Crippen LogP contribution in [0.25, 0.3) is 10.9 Å². The summed E-state index contributed by atoms with van der Waals surface area (Å²) < 4.78 is 16.4. The van der Waals surface area contributed by atoms with E-state index in [4.69, 9.17) is 0 Å². The average Bonchev–Trinajstić information content (AvgIpc) is 3.08. The van der Waals surface area contributed by atoms with Crippen LogP contribution in [0.2, 0.25) is 0 Å². The molecule has 5 rings (SSSR count). The van der Waals surface area contributed by atoms with E-state index >= 15 is 0 Å². The number of aryl methyl sites for hydroxylation is 1. The number of halogens is 1. The molecule has 3 aromatic rings. The summed E-state index contributed by atoms with van der Waals surface area (Å²) in [5.74, 6) is -0.931. The predicted molar refractivity (Wildman–Crippen MR) is 114 cm³/mol. The number of fused-ring (bicyclic) bond motifs is 3. The van der Waals surface area contributed by atoms with Gasteiger partial charge in [0.25, 0.3) is 11.5 Å². The molecule has 1 N–H and O–H groups in total. The molecule has 0 radical (unpaired) electrons. The number of aromatic nitrogens is 3. The summed E-state index contributed by atoms with van der Waals surface area (Å²) in [6, 6.07) is 6.04. The second-order valence-corrected chi connectivity index (χ2v) is 8.55. The maximum Gasteiger partial charge on any atom is 0.280 e. The highest BCUT2D eigenvalue weighted by Crippen LogP contribution is 2.35. The Bertz CT molecular complexity index is 1220. The number of aromatic hydroxyl groups is 1. The second-order valence-electron chi connectivity index (χ2n) is 8.55. The molecule has 2 aliphatic rings. The van der Waals surface area contributed by atoms with Crippen LogP contribution in [-0.4, -0.2) is 36.8 Å². The van der Waals surface area contributed by atoms with Crippen LogP contribution in [-0.2, 0) is 13.1 Å². The molecule has 1 fully saturated rings. The van der Waals surface area contributed by atoms with Crippen LogP contribution in [0.1, 0.15) is 59.9 Å². The largest absolute Gasteiger partial charge is 0.505 e. The monoisotopic (exact) mass is 424 g/mol. The van der Waals surface area contributed by atoms with Crippen molar-refractivity contribution in [3.8, 4) is 5.75 Å². The molecule has 2 aromatic heterocycles. The van der Waals surface area contributed by atoms with E-state index in [2.05, 4.69) is 5.10 Å². The smallest absolute Gasteiger partial charge is 0.280 e. The standard InChI is InChI=1S/C23H25FN4O3/c1-14-19-18(22(30)28(25-14)17-5-3-2-4-6-17)21(29)20-23(31)26(11-12-27(19)20)13-15-7-9-16(24)10-8-15/h7-10,17,29H,2-6,11-13H2,1H3.